The average molecular weight is 350 g/mol. The Hall–Kier alpha value is -1.16. The van der Waals surface area contributed by atoms with Gasteiger partial charge >= 0.3 is 0 Å². The molecule has 0 radical (unpaired) electrons. The third-order valence-corrected chi connectivity index (χ3v) is 3.72. The maximum absolute atomic E-state index is 13.2. The van der Waals surface area contributed by atoms with Crippen LogP contribution in [0.4, 0.5) is 4.39 Å². The molecular formula is C15H12Cl3FO2. The summed E-state index contributed by atoms with van der Waals surface area (Å²) in [6.45, 7) is 0.0957. The third kappa shape index (κ3) is 3.94. The number of halogens is 4. The molecule has 0 heterocycles. The average Bonchev–Trinajstić information content (AvgIpc) is 2.48. The maximum Gasteiger partial charge on any atom is 0.166 e. The van der Waals surface area contributed by atoms with E-state index < -0.39 is 0 Å². The van der Waals surface area contributed by atoms with E-state index in [1.54, 1.807) is 12.1 Å². The molecule has 0 spiro atoms. The molecule has 2 rings (SSSR count). The molecule has 0 fully saturated rings. The summed E-state index contributed by atoms with van der Waals surface area (Å²) in [5.74, 6) is 0.768. The van der Waals surface area contributed by atoms with Crippen LogP contribution in [0.5, 0.6) is 11.5 Å². The van der Waals surface area contributed by atoms with Crippen molar-refractivity contribution in [1.82, 2.24) is 0 Å². The molecule has 6 heteroatoms. The second kappa shape index (κ2) is 7.21. The summed E-state index contributed by atoms with van der Waals surface area (Å²) < 4.78 is 24.2. The zero-order valence-electron chi connectivity index (χ0n) is 11.1. The van der Waals surface area contributed by atoms with Crippen LogP contribution in [0.15, 0.2) is 30.3 Å². The number of benzene rings is 2. The number of rotatable bonds is 5. The van der Waals surface area contributed by atoms with Crippen molar-refractivity contribution in [3.63, 3.8) is 0 Å². The van der Waals surface area contributed by atoms with Crippen LogP contribution in [0.25, 0.3) is 0 Å². The van der Waals surface area contributed by atoms with Crippen molar-refractivity contribution in [2.75, 3.05) is 7.11 Å². The Morgan fingerprint density at radius 1 is 1.10 bits per heavy atom. The molecule has 0 aliphatic rings. The summed E-state index contributed by atoms with van der Waals surface area (Å²) in [6.07, 6.45) is 0. The van der Waals surface area contributed by atoms with Gasteiger partial charge in [-0.05, 0) is 24.3 Å². The van der Waals surface area contributed by atoms with E-state index in [0.29, 0.717) is 32.7 Å². The minimum Gasteiger partial charge on any atom is -0.493 e. The van der Waals surface area contributed by atoms with E-state index in [9.17, 15) is 4.39 Å². The van der Waals surface area contributed by atoms with E-state index in [4.69, 9.17) is 44.3 Å². The van der Waals surface area contributed by atoms with Crippen LogP contribution in [-0.2, 0) is 12.5 Å². The Morgan fingerprint density at radius 2 is 1.86 bits per heavy atom. The van der Waals surface area contributed by atoms with Crippen molar-refractivity contribution in [1.29, 1.82) is 0 Å². The number of alkyl halides is 1. The van der Waals surface area contributed by atoms with Gasteiger partial charge in [-0.1, -0.05) is 23.2 Å². The second-order valence-corrected chi connectivity index (χ2v) is 5.37. The van der Waals surface area contributed by atoms with Crippen molar-refractivity contribution in [2.24, 2.45) is 0 Å². The lowest BCUT2D eigenvalue weighted by molar-refractivity contribution is 0.282. The van der Waals surface area contributed by atoms with Crippen molar-refractivity contribution in [3.8, 4) is 11.5 Å². The third-order valence-electron chi connectivity index (χ3n) is 2.84. The molecule has 2 nitrogen and oxygen atoms in total. The van der Waals surface area contributed by atoms with Crippen LogP contribution >= 0.6 is 34.8 Å². The van der Waals surface area contributed by atoms with E-state index in [1.807, 2.05) is 0 Å². The lowest BCUT2D eigenvalue weighted by Gasteiger charge is -2.15. The van der Waals surface area contributed by atoms with E-state index in [1.165, 1.54) is 25.3 Å². The molecule has 21 heavy (non-hydrogen) atoms. The van der Waals surface area contributed by atoms with Crippen LogP contribution in [0.3, 0.4) is 0 Å². The predicted octanol–water partition coefficient (Wildman–Crippen LogP) is 5.46. The van der Waals surface area contributed by atoms with E-state index in [0.717, 1.165) is 0 Å². The fraction of sp³-hybridized carbons (Fsp3) is 0.200. The summed E-state index contributed by atoms with van der Waals surface area (Å²) in [4.78, 5) is 0. The van der Waals surface area contributed by atoms with Gasteiger partial charge in [-0.2, -0.15) is 0 Å². The Labute approximate surface area is 137 Å². The van der Waals surface area contributed by atoms with Crippen molar-refractivity contribution >= 4 is 34.8 Å². The molecule has 0 aliphatic heterocycles. The van der Waals surface area contributed by atoms with Crippen LogP contribution in [0, 0.1) is 5.82 Å². The van der Waals surface area contributed by atoms with Gasteiger partial charge in [-0.25, -0.2) is 4.39 Å². The molecule has 0 saturated carbocycles. The fourth-order valence-electron chi connectivity index (χ4n) is 1.84. The Morgan fingerprint density at radius 3 is 2.52 bits per heavy atom. The van der Waals surface area contributed by atoms with Crippen LogP contribution in [0.2, 0.25) is 10.0 Å². The molecule has 0 aliphatic carbocycles. The molecule has 0 N–H and O–H groups in total. The van der Waals surface area contributed by atoms with E-state index in [-0.39, 0.29) is 18.3 Å². The lowest BCUT2D eigenvalue weighted by atomic mass is 10.2. The maximum atomic E-state index is 13.2. The second-order valence-electron chi connectivity index (χ2n) is 4.25. The fourth-order valence-corrected chi connectivity index (χ4v) is 2.44. The summed E-state index contributed by atoms with van der Waals surface area (Å²) in [7, 11) is 1.51. The minimum atomic E-state index is -0.376. The van der Waals surface area contributed by atoms with Crippen LogP contribution < -0.4 is 9.47 Å². The number of hydrogen-bond acceptors (Lipinski definition) is 2. The molecule has 112 valence electrons. The van der Waals surface area contributed by atoms with Gasteiger partial charge in [0, 0.05) is 27.2 Å². The molecular weight excluding hydrogens is 338 g/mol. The highest BCUT2D eigenvalue weighted by atomic mass is 35.5. The van der Waals surface area contributed by atoms with E-state index >= 15 is 0 Å². The molecule has 0 saturated heterocycles. The largest absolute Gasteiger partial charge is 0.493 e. The van der Waals surface area contributed by atoms with Crippen LogP contribution in [0.1, 0.15) is 11.1 Å². The molecule has 2 aromatic carbocycles. The summed E-state index contributed by atoms with van der Waals surface area (Å²) in [5, 5.41) is 0.926. The number of methoxy groups -OCH3 is 1. The zero-order chi connectivity index (χ0) is 15.4. The highest BCUT2D eigenvalue weighted by Crippen LogP contribution is 2.36. The molecule has 0 amide bonds. The first-order valence-electron chi connectivity index (χ1n) is 6.04. The molecule has 0 bridgehead atoms. The van der Waals surface area contributed by atoms with E-state index in [2.05, 4.69) is 0 Å². The van der Waals surface area contributed by atoms with Crippen molar-refractivity contribution in [3.05, 3.63) is 57.3 Å². The smallest absolute Gasteiger partial charge is 0.166 e. The van der Waals surface area contributed by atoms with Gasteiger partial charge in [0.25, 0.3) is 0 Å². The van der Waals surface area contributed by atoms with Gasteiger partial charge < -0.3 is 9.47 Å². The molecule has 0 aromatic heterocycles. The monoisotopic (exact) mass is 348 g/mol. The normalized spacial score (nSPS) is 10.5. The first-order valence-corrected chi connectivity index (χ1v) is 7.33. The number of hydrogen-bond donors (Lipinski definition) is 0. The van der Waals surface area contributed by atoms with Gasteiger partial charge in [0.15, 0.2) is 11.5 Å². The lowest BCUT2D eigenvalue weighted by Crippen LogP contribution is -2.01. The van der Waals surface area contributed by atoms with Gasteiger partial charge in [0.2, 0.25) is 0 Å². The quantitative estimate of drug-likeness (QED) is 0.667. The predicted molar refractivity (Wildman–Crippen MR) is 83.3 cm³/mol. The topological polar surface area (TPSA) is 18.5 Å². The summed E-state index contributed by atoms with van der Waals surface area (Å²) >= 11 is 17.9. The molecule has 0 atom stereocenters. The van der Waals surface area contributed by atoms with Crippen LogP contribution in [-0.4, -0.2) is 7.11 Å². The Balaban J connectivity index is 2.29. The first kappa shape index (κ1) is 16.2. The highest BCUT2D eigenvalue weighted by Gasteiger charge is 2.13. The van der Waals surface area contributed by atoms with Gasteiger partial charge in [0.05, 0.1) is 13.0 Å². The highest BCUT2D eigenvalue weighted by molar-refractivity contribution is 6.31. The molecule has 0 unspecified atom stereocenters. The zero-order valence-corrected chi connectivity index (χ0v) is 13.4. The summed E-state index contributed by atoms with van der Waals surface area (Å²) in [6, 6.07) is 7.42. The molecule has 2 aromatic rings. The van der Waals surface area contributed by atoms with Gasteiger partial charge in [-0.3, -0.25) is 0 Å². The van der Waals surface area contributed by atoms with Gasteiger partial charge in [0.1, 0.15) is 12.4 Å². The van der Waals surface area contributed by atoms with Gasteiger partial charge in [-0.15, -0.1) is 11.6 Å². The number of ether oxygens (including phenoxy) is 2. The standard InChI is InChI=1S/C15H12Cl3FO2/c1-20-14-6-11(17)4-9(7-16)15(14)21-8-10-5-12(19)2-3-13(10)18/h2-6H,7-8H2,1H3. The SMILES string of the molecule is COc1cc(Cl)cc(CCl)c1OCc1cc(F)ccc1Cl. The minimum absolute atomic E-state index is 0.0957. The first-order chi connectivity index (χ1) is 10.0. The summed E-state index contributed by atoms with van der Waals surface area (Å²) in [5.41, 5.74) is 1.22. The Kier molecular flexibility index (Phi) is 5.57. The Bertz CT molecular complexity index is 622. The van der Waals surface area contributed by atoms with Crippen molar-refractivity contribution in [2.45, 2.75) is 12.5 Å². The van der Waals surface area contributed by atoms with Crippen molar-refractivity contribution < 1.29 is 13.9 Å².